The van der Waals surface area contributed by atoms with Crippen LogP contribution in [-0.4, -0.2) is 47.3 Å². The maximum Gasteiger partial charge on any atom is 0.260 e. The summed E-state index contributed by atoms with van der Waals surface area (Å²) in [6.45, 7) is 2.47. The van der Waals surface area contributed by atoms with Crippen LogP contribution in [0.2, 0.25) is 0 Å². The maximum absolute atomic E-state index is 13.3. The van der Waals surface area contributed by atoms with Crippen LogP contribution in [0.3, 0.4) is 0 Å². The van der Waals surface area contributed by atoms with Gasteiger partial charge in [0.2, 0.25) is 10.0 Å². The number of carbonyl (C=O) groups excluding carboxylic acids is 1. The molecule has 0 aliphatic carbocycles. The first-order valence-electron chi connectivity index (χ1n) is 11.7. The van der Waals surface area contributed by atoms with E-state index in [2.05, 4.69) is 11.6 Å². The number of benzene rings is 2. The first kappa shape index (κ1) is 26.2. The lowest BCUT2D eigenvalue weighted by Gasteiger charge is -2.20. The van der Waals surface area contributed by atoms with Crippen molar-refractivity contribution in [3.8, 4) is 0 Å². The summed E-state index contributed by atoms with van der Waals surface area (Å²) in [5.74, 6) is -0.483. The quantitative estimate of drug-likeness (QED) is 0.424. The lowest BCUT2D eigenvalue weighted by atomic mass is 10.1. The number of rotatable bonds is 12. The number of amides is 1. The number of anilines is 2. The van der Waals surface area contributed by atoms with Gasteiger partial charge < -0.3 is 10.6 Å². The molecule has 0 radical (unpaired) electrons. The Morgan fingerprint density at radius 1 is 1.00 bits per heavy atom. The van der Waals surface area contributed by atoms with Gasteiger partial charge >= 0.3 is 0 Å². The Balaban J connectivity index is 1.78. The van der Waals surface area contributed by atoms with E-state index in [1.165, 1.54) is 6.07 Å². The average molecular weight is 508 g/mol. The summed E-state index contributed by atoms with van der Waals surface area (Å²) in [6.07, 6.45) is 5.33. The van der Waals surface area contributed by atoms with Crippen LogP contribution >= 0.6 is 0 Å². The Labute approximate surface area is 202 Å². The highest BCUT2D eigenvalue weighted by atomic mass is 32.2. The van der Waals surface area contributed by atoms with Crippen molar-refractivity contribution in [2.24, 2.45) is 5.73 Å². The van der Waals surface area contributed by atoms with Crippen molar-refractivity contribution < 1.29 is 21.6 Å². The van der Waals surface area contributed by atoms with Crippen molar-refractivity contribution in [1.82, 2.24) is 0 Å². The molecule has 186 valence electrons. The molecule has 2 aromatic carbocycles. The monoisotopic (exact) mass is 507 g/mol. The molecule has 0 bridgehead atoms. The zero-order valence-corrected chi connectivity index (χ0v) is 21.1. The number of fused-ring (bicyclic) bond motifs is 1. The molecule has 0 atom stereocenters. The minimum Gasteiger partial charge on any atom is -0.329 e. The van der Waals surface area contributed by atoms with Gasteiger partial charge in [-0.2, -0.15) is 0 Å². The molecule has 0 aromatic heterocycles. The molecule has 3 rings (SSSR count). The van der Waals surface area contributed by atoms with Gasteiger partial charge in [0.25, 0.3) is 5.91 Å². The number of unbranched alkanes of at least 4 members (excludes halogenated alkanes) is 4. The Bertz CT molecular complexity index is 1230. The molecule has 0 saturated heterocycles. The van der Waals surface area contributed by atoms with Gasteiger partial charge in [-0.05, 0) is 48.7 Å². The molecule has 1 aliphatic rings. The predicted molar refractivity (Wildman–Crippen MR) is 136 cm³/mol. The molecule has 10 heteroatoms. The molecular formula is C24H33N3O5S2. The molecule has 0 spiro atoms. The fourth-order valence-corrected chi connectivity index (χ4v) is 6.42. The predicted octanol–water partition coefficient (Wildman–Crippen LogP) is 3.33. The summed E-state index contributed by atoms with van der Waals surface area (Å²) >= 11 is 0. The fraction of sp³-hybridized carbons (Fsp3) is 0.458. The number of carbonyl (C=O) groups is 1. The lowest BCUT2D eigenvalue weighted by Crippen LogP contribution is -2.30. The van der Waals surface area contributed by atoms with E-state index >= 15 is 0 Å². The van der Waals surface area contributed by atoms with Gasteiger partial charge in [0.15, 0.2) is 9.84 Å². The van der Waals surface area contributed by atoms with E-state index in [4.69, 9.17) is 5.73 Å². The summed E-state index contributed by atoms with van der Waals surface area (Å²) in [5.41, 5.74) is 7.22. The fourth-order valence-electron chi connectivity index (χ4n) is 4.07. The highest BCUT2D eigenvalue weighted by molar-refractivity contribution is 7.92. The van der Waals surface area contributed by atoms with Crippen molar-refractivity contribution in [3.05, 3.63) is 53.6 Å². The topological polar surface area (TPSA) is 127 Å². The molecule has 1 aliphatic heterocycles. The molecule has 2 aromatic rings. The minimum absolute atomic E-state index is 0.0328. The van der Waals surface area contributed by atoms with Gasteiger partial charge in [-0.15, -0.1) is 0 Å². The number of para-hydroxylation sites is 1. The normalized spacial score (nSPS) is 13.6. The molecule has 0 unspecified atom stereocenters. The highest BCUT2D eigenvalue weighted by Crippen LogP contribution is 2.33. The lowest BCUT2D eigenvalue weighted by molar-refractivity contribution is 0.0990. The van der Waals surface area contributed by atoms with Crippen LogP contribution in [0.1, 0.15) is 54.9 Å². The van der Waals surface area contributed by atoms with E-state index in [0.29, 0.717) is 25.1 Å². The van der Waals surface area contributed by atoms with Gasteiger partial charge in [0.05, 0.1) is 27.7 Å². The SMILES string of the molecule is CCCCCCCS(=O)(=O)c1ccc2c(c1)CCN2C(=O)c1ccccc1NS(=O)(=O)CCN. The first-order valence-corrected chi connectivity index (χ1v) is 15.0. The molecule has 8 nitrogen and oxygen atoms in total. The summed E-state index contributed by atoms with van der Waals surface area (Å²) in [7, 11) is -7.05. The van der Waals surface area contributed by atoms with Gasteiger partial charge in [-0.1, -0.05) is 44.7 Å². The van der Waals surface area contributed by atoms with Gasteiger partial charge in [0.1, 0.15) is 0 Å². The molecule has 1 amide bonds. The van der Waals surface area contributed by atoms with E-state index in [-0.39, 0.29) is 40.1 Å². The van der Waals surface area contributed by atoms with Gasteiger partial charge in [-0.25, -0.2) is 16.8 Å². The Morgan fingerprint density at radius 3 is 2.47 bits per heavy atom. The van der Waals surface area contributed by atoms with Crippen LogP contribution < -0.4 is 15.4 Å². The van der Waals surface area contributed by atoms with Crippen molar-refractivity contribution in [1.29, 1.82) is 0 Å². The standard InChI is InChI=1S/C24H33N3O5S2/c1-2-3-4-5-8-16-33(29,30)20-11-12-23-19(18-20)13-15-27(23)24(28)21-9-6-7-10-22(21)26-34(31,32)17-14-25/h6-7,9-12,18,26H,2-5,8,13-17,25H2,1H3. The molecule has 3 N–H and O–H groups in total. The third kappa shape index (κ3) is 6.37. The average Bonchev–Trinajstić information content (AvgIpc) is 3.22. The summed E-state index contributed by atoms with van der Waals surface area (Å²) in [4.78, 5) is 15.2. The Kier molecular flexibility index (Phi) is 8.72. The van der Waals surface area contributed by atoms with Gasteiger partial charge in [-0.3, -0.25) is 9.52 Å². The largest absolute Gasteiger partial charge is 0.329 e. The molecule has 34 heavy (non-hydrogen) atoms. The van der Waals surface area contributed by atoms with Crippen molar-refractivity contribution >= 4 is 37.1 Å². The number of nitrogens with two attached hydrogens (primary N) is 1. The number of sulfonamides is 1. The smallest absolute Gasteiger partial charge is 0.260 e. The first-order chi connectivity index (χ1) is 16.2. The number of nitrogens with zero attached hydrogens (tertiary/aromatic N) is 1. The second-order valence-corrected chi connectivity index (χ2v) is 12.4. The second kappa shape index (κ2) is 11.3. The molecule has 0 saturated carbocycles. The van der Waals surface area contributed by atoms with Crippen LogP contribution in [0, 0.1) is 0 Å². The number of sulfone groups is 1. The Morgan fingerprint density at radius 2 is 1.74 bits per heavy atom. The molecular weight excluding hydrogens is 474 g/mol. The molecule has 0 fully saturated rings. The van der Waals surface area contributed by atoms with Crippen LogP contribution in [0.5, 0.6) is 0 Å². The zero-order chi connectivity index (χ0) is 24.8. The van der Waals surface area contributed by atoms with Crippen LogP contribution in [0.25, 0.3) is 0 Å². The van der Waals surface area contributed by atoms with Crippen LogP contribution in [0.4, 0.5) is 11.4 Å². The highest BCUT2D eigenvalue weighted by Gasteiger charge is 2.29. The van der Waals surface area contributed by atoms with Gasteiger partial charge in [0, 0.05) is 18.8 Å². The zero-order valence-electron chi connectivity index (χ0n) is 19.5. The minimum atomic E-state index is -3.67. The molecule has 1 heterocycles. The van der Waals surface area contributed by atoms with Crippen LogP contribution in [0.15, 0.2) is 47.4 Å². The van der Waals surface area contributed by atoms with Crippen LogP contribution in [-0.2, 0) is 26.3 Å². The second-order valence-electron chi connectivity index (χ2n) is 8.49. The summed E-state index contributed by atoms with van der Waals surface area (Å²) < 4.78 is 52.4. The third-order valence-electron chi connectivity index (χ3n) is 5.88. The van der Waals surface area contributed by atoms with E-state index in [9.17, 15) is 21.6 Å². The third-order valence-corrected chi connectivity index (χ3v) is 8.98. The Hall–Kier alpha value is -2.43. The van der Waals surface area contributed by atoms with Crippen molar-refractivity contribution in [2.75, 3.05) is 34.2 Å². The van der Waals surface area contributed by atoms with E-state index in [1.54, 1.807) is 41.3 Å². The van der Waals surface area contributed by atoms with E-state index in [1.807, 2.05) is 0 Å². The number of nitrogens with one attached hydrogen (secondary N) is 1. The van der Waals surface area contributed by atoms with Crippen molar-refractivity contribution in [3.63, 3.8) is 0 Å². The number of hydrogen-bond acceptors (Lipinski definition) is 6. The van der Waals surface area contributed by atoms with Crippen molar-refractivity contribution in [2.45, 2.75) is 50.3 Å². The summed E-state index contributed by atoms with van der Waals surface area (Å²) in [5, 5.41) is 0. The number of hydrogen-bond donors (Lipinski definition) is 2. The van der Waals surface area contributed by atoms with E-state index < -0.39 is 19.9 Å². The summed E-state index contributed by atoms with van der Waals surface area (Å²) in [6, 6.07) is 11.3. The van der Waals surface area contributed by atoms with E-state index in [0.717, 1.165) is 31.2 Å². The maximum atomic E-state index is 13.3.